The maximum atomic E-state index is 6.58. The molecule has 0 amide bonds. The minimum absolute atomic E-state index is 0.611. The molecule has 0 bridgehead atoms. The number of benzene rings is 7. The Morgan fingerprint density at radius 2 is 0.922 bits per heavy atom. The smallest absolute Gasteiger partial charge is 0.164 e. The Morgan fingerprint density at radius 3 is 1.63 bits per heavy atom. The highest BCUT2D eigenvalue weighted by Crippen LogP contribution is 2.41. The third-order valence-corrected chi connectivity index (χ3v) is 9.52. The maximum absolute atomic E-state index is 6.58. The van der Waals surface area contributed by atoms with Crippen LogP contribution in [-0.2, 0) is 0 Å². The van der Waals surface area contributed by atoms with E-state index in [-0.39, 0.29) is 0 Å². The number of aromatic nitrogens is 4. The second-order valence-corrected chi connectivity index (χ2v) is 12.6. The van der Waals surface area contributed by atoms with Gasteiger partial charge in [0.2, 0.25) is 0 Å². The van der Waals surface area contributed by atoms with E-state index >= 15 is 0 Å². The van der Waals surface area contributed by atoms with Crippen LogP contribution in [-0.4, -0.2) is 19.9 Å². The van der Waals surface area contributed by atoms with Gasteiger partial charge in [0, 0.05) is 33.0 Å². The summed E-state index contributed by atoms with van der Waals surface area (Å²) in [7, 11) is 0. The highest BCUT2D eigenvalue weighted by molar-refractivity contribution is 6.19. The lowest BCUT2D eigenvalue weighted by Gasteiger charge is -2.11. The first-order valence-electron chi connectivity index (χ1n) is 17.0. The van der Waals surface area contributed by atoms with E-state index in [4.69, 9.17) is 24.4 Å². The van der Waals surface area contributed by atoms with Gasteiger partial charge in [-0.1, -0.05) is 152 Å². The van der Waals surface area contributed by atoms with Crippen LogP contribution < -0.4 is 0 Å². The van der Waals surface area contributed by atoms with Gasteiger partial charge < -0.3 is 4.42 Å². The Balaban J connectivity index is 1.14. The molecule has 10 rings (SSSR count). The Labute approximate surface area is 293 Å². The molecule has 0 unspecified atom stereocenters. The highest BCUT2D eigenvalue weighted by Gasteiger charge is 2.19. The monoisotopic (exact) mass is 652 g/mol. The predicted octanol–water partition coefficient (Wildman–Crippen LogP) is 11.8. The van der Waals surface area contributed by atoms with Gasteiger partial charge in [-0.3, -0.25) is 0 Å². The molecule has 3 aromatic heterocycles. The lowest BCUT2D eigenvalue weighted by molar-refractivity contribution is 0.672. The van der Waals surface area contributed by atoms with E-state index in [0.29, 0.717) is 17.5 Å². The van der Waals surface area contributed by atoms with Crippen LogP contribution in [0, 0.1) is 0 Å². The molecule has 0 aliphatic carbocycles. The minimum Gasteiger partial charge on any atom is -0.455 e. The largest absolute Gasteiger partial charge is 0.455 e. The summed E-state index contributed by atoms with van der Waals surface area (Å²) in [5.41, 5.74) is 9.46. The van der Waals surface area contributed by atoms with Crippen molar-refractivity contribution in [3.05, 3.63) is 170 Å². The highest BCUT2D eigenvalue weighted by atomic mass is 16.3. The Morgan fingerprint density at radius 1 is 0.373 bits per heavy atom. The fourth-order valence-corrected chi connectivity index (χ4v) is 7.03. The average molecular weight is 653 g/mol. The summed E-state index contributed by atoms with van der Waals surface area (Å²) in [6.07, 6.45) is 0. The molecule has 0 aliphatic rings. The SMILES string of the molecule is c1ccc(-c2nc(-c3ccccc3)nc(-c3ccc(-c4nc5cc(-c6cccc7ccccc67)ccc5c5oc6ccccc6c45)cc3)n2)cc1. The predicted molar refractivity (Wildman–Crippen MR) is 207 cm³/mol. The minimum atomic E-state index is 0.611. The first-order valence-corrected chi connectivity index (χ1v) is 17.0. The Bertz CT molecular complexity index is 2840. The van der Waals surface area contributed by atoms with Crippen LogP contribution in [0.15, 0.2) is 174 Å². The van der Waals surface area contributed by atoms with E-state index in [1.165, 1.54) is 16.3 Å². The molecule has 238 valence electrons. The average Bonchev–Trinajstić information content (AvgIpc) is 3.61. The van der Waals surface area contributed by atoms with Gasteiger partial charge in [-0.25, -0.2) is 19.9 Å². The zero-order valence-electron chi connectivity index (χ0n) is 27.4. The van der Waals surface area contributed by atoms with Crippen LogP contribution in [0.5, 0.6) is 0 Å². The second kappa shape index (κ2) is 11.9. The van der Waals surface area contributed by atoms with Crippen molar-refractivity contribution in [2.75, 3.05) is 0 Å². The fraction of sp³-hybridized carbons (Fsp3) is 0. The van der Waals surface area contributed by atoms with Gasteiger partial charge in [-0.15, -0.1) is 0 Å². The number of hydrogen-bond donors (Lipinski definition) is 0. The summed E-state index contributed by atoms with van der Waals surface area (Å²) in [6.45, 7) is 0. The fourth-order valence-electron chi connectivity index (χ4n) is 7.03. The zero-order chi connectivity index (χ0) is 33.7. The summed E-state index contributed by atoms with van der Waals surface area (Å²) >= 11 is 0. The maximum Gasteiger partial charge on any atom is 0.164 e. The quantitative estimate of drug-likeness (QED) is 0.185. The van der Waals surface area contributed by atoms with Crippen molar-refractivity contribution >= 4 is 43.6 Å². The van der Waals surface area contributed by atoms with Gasteiger partial charge in [-0.2, -0.15) is 0 Å². The van der Waals surface area contributed by atoms with Crippen molar-refractivity contribution in [3.8, 4) is 56.5 Å². The van der Waals surface area contributed by atoms with Crippen molar-refractivity contribution in [3.63, 3.8) is 0 Å². The molecule has 0 spiro atoms. The molecule has 51 heavy (non-hydrogen) atoms. The van der Waals surface area contributed by atoms with Crippen molar-refractivity contribution < 1.29 is 4.42 Å². The van der Waals surface area contributed by atoms with Crippen LogP contribution in [0.3, 0.4) is 0 Å². The Hall–Kier alpha value is -6.98. The van der Waals surface area contributed by atoms with Crippen LogP contribution in [0.2, 0.25) is 0 Å². The molecule has 0 radical (unpaired) electrons. The molecule has 3 heterocycles. The third kappa shape index (κ3) is 5.03. The lowest BCUT2D eigenvalue weighted by Crippen LogP contribution is -2.00. The molecule has 10 aromatic rings. The summed E-state index contributed by atoms with van der Waals surface area (Å²) < 4.78 is 6.58. The first-order chi connectivity index (χ1) is 25.3. The molecule has 0 saturated heterocycles. The van der Waals surface area contributed by atoms with Crippen LogP contribution >= 0.6 is 0 Å². The molecule has 5 nitrogen and oxygen atoms in total. The molecular weight excluding hydrogens is 625 g/mol. The summed E-state index contributed by atoms with van der Waals surface area (Å²) in [4.78, 5) is 20.1. The van der Waals surface area contributed by atoms with Crippen molar-refractivity contribution in [2.24, 2.45) is 0 Å². The third-order valence-electron chi connectivity index (χ3n) is 9.52. The van der Waals surface area contributed by atoms with Gasteiger partial charge in [0.1, 0.15) is 11.2 Å². The molecule has 5 heteroatoms. The lowest BCUT2D eigenvalue weighted by atomic mass is 9.96. The van der Waals surface area contributed by atoms with E-state index in [1.807, 2.05) is 78.9 Å². The van der Waals surface area contributed by atoms with Gasteiger partial charge in [-0.05, 0) is 40.1 Å². The van der Waals surface area contributed by atoms with Gasteiger partial charge in [0.05, 0.1) is 16.6 Å². The molecule has 7 aromatic carbocycles. The molecule has 0 N–H and O–H groups in total. The summed E-state index contributed by atoms with van der Waals surface area (Å²) in [5.74, 6) is 1.88. The van der Waals surface area contributed by atoms with E-state index in [2.05, 4.69) is 91.0 Å². The molecular formula is C46H28N4O. The van der Waals surface area contributed by atoms with E-state index in [1.54, 1.807) is 0 Å². The van der Waals surface area contributed by atoms with Crippen LogP contribution in [0.1, 0.15) is 0 Å². The summed E-state index contributed by atoms with van der Waals surface area (Å²) in [5, 5.41) is 5.45. The van der Waals surface area contributed by atoms with E-state index in [9.17, 15) is 0 Å². The van der Waals surface area contributed by atoms with Crippen molar-refractivity contribution in [1.29, 1.82) is 0 Å². The number of rotatable bonds is 5. The van der Waals surface area contributed by atoms with Gasteiger partial charge in [0.25, 0.3) is 0 Å². The summed E-state index contributed by atoms with van der Waals surface area (Å²) in [6, 6.07) is 58.1. The topological polar surface area (TPSA) is 64.7 Å². The molecule has 0 atom stereocenters. The number of pyridine rings is 1. The molecule has 0 saturated carbocycles. The standard InChI is InChI=1S/C46H28N4O/c1-3-13-31(14-4-1)44-48-45(32-15-5-2-6-16-32)50-46(49-44)33-24-22-30(23-25-33)42-41-38-19-9-10-21-40(38)51-43(41)37-27-26-34(28-39(37)47-42)36-20-11-17-29-12-7-8-18-35(29)36/h1-28H. The number of para-hydroxylation sites is 1. The van der Waals surface area contributed by atoms with Gasteiger partial charge in [0.15, 0.2) is 17.5 Å². The number of nitrogens with zero attached hydrogens (tertiary/aromatic N) is 4. The van der Waals surface area contributed by atoms with Crippen LogP contribution in [0.4, 0.5) is 0 Å². The zero-order valence-corrected chi connectivity index (χ0v) is 27.4. The second-order valence-electron chi connectivity index (χ2n) is 12.6. The number of hydrogen-bond acceptors (Lipinski definition) is 5. The number of furan rings is 1. The first kappa shape index (κ1) is 29.0. The van der Waals surface area contributed by atoms with Crippen LogP contribution in [0.25, 0.3) is 100 Å². The Kier molecular flexibility index (Phi) is 6.74. The normalized spacial score (nSPS) is 11.5. The van der Waals surface area contributed by atoms with Gasteiger partial charge >= 0.3 is 0 Å². The van der Waals surface area contributed by atoms with E-state index in [0.717, 1.165) is 66.4 Å². The van der Waals surface area contributed by atoms with Crippen molar-refractivity contribution in [2.45, 2.75) is 0 Å². The van der Waals surface area contributed by atoms with Crippen molar-refractivity contribution in [1.82, 2.24) is 19.9 Å². The molecule has 0 fully saturated rings. The van der Waals surface area contributed by atoms with E-state index < -0.39 is 0 Å². The molecule has 0 aliphatic heterocycles. The number of fused-ring (bicyclic) bond motifs is 6.